The zero-order chi connectivity index (χ0) is 41.3. The van der Waals surface area contributed by atoms with Gasteiger partial charge in [-0.3, -0.25) is 13.8 Å². The molecule has 56 heavy (non-hydrogen) atoms. The van der Waals surface area contributed by atoms with Gasteiger partial charge in [-0.2, -0.15) is 0 Å². The standard InChI is InChI=1S/C47H88NO7P/c1-6-8-10-12-14-16-18-19-20-21-22-23-24-25-26-27-28-29-30-31-33-35-37-39-42-52-44-46(45-54-56(50,51)53-43-41-48(3,4)5)55-47(49)40-38-36-34-32-17-15-13-11-9-7-2/h8,10,14,16,19-20,22-23,46H,6-7,9,11-13,15,17-18,21,24-45H2,1-5H3/p+1/b10-8-,16-14-,20-19-,23-22-. The van der Waals surface area contributed by atoms with Gasteiger partial charge in [0, 0.05) is 13.0 Å². The monoisotopic (exact) mass is 811 g/mol. The number of carbonyl (C=O) groups is 1. The van der Waals surface area contributed by atoms with Gasteiger partial charge in [-0.15, -0.1) is 0 Å². The maximum atomic E-state index is 12.6. The highest BCUT2D eigenvalue weighted by atomic mass is 31.2. The summed E-state index contributed by atoms with van der Waals surface area (Å²) in [6.45, 7) is 5.50. The van der Waals surface area contributed by atoms with Crippen molar-refractivity contribution >= 4 is 13.8 Å². The predicted molar refractivity (Wildman–Crippen MR) is 238 cm³/mol. The van der Waals surface area contributed by atoms with Gasteiger partial charge in [-0.1, -0.05) is 178 Å². The first-order valence-electron chi connectivity index (χ1n) is 22.9. The number of likely N-dealkylation sites (N-methyl/N-ethyl adjacent to an activating group) is 1. The second kappa shape index (κ2) is 40.2. The van der Waals surface area contributed by atoms with Crippen LogP contribution in [0.4, 0.5) is 0 Å². The Hall–Kier alpha value is -1.54. The van der Waals surface area contributed by atoms with Crippen molar-refractivity contribution in [2.45, 2.75) is 193 Å². The summed E-state index contributed by atoms with van der Waals surface area (Å²) in [7, 11) is 1.67. The topological polar surface area (TPSA) is 91.3 Å². The van der Waals surface area contributed by atoms with E-state index >= 15 is 0 Å². The average Bonchev–Trinajstić information content (AvgIpc) is 3.15. The van der Waals surface area contributed by atoms with Gasteiger partial charge in [-0.05, 0) is 51.4 Å². The fraction of sp³-hybridized carbons (Fsp3) is 0.809. The van der Waals surface area contributed by atoms with E-state index in [4.69, 9.17) is 18.5 Å². The molecule has 0 aromatic rings. The molecular formula is C47H89NO7P+. The van der Waals surface area contributed by atoms with Gasteiger partial charge >= 0.3 is 13.8 Å². The lowest BCUT2D eigenvalue weighted by atomic mass is 10.1. The van der Waals surface area contributed by atoms with Crippen LogP contribution in [0, 0.1) is 0 Å². The molecule has 0 bridgehead atoms. The summed E-state index contributed by atoms with van der Waals surface area (Å²) in [5.41, 5.74) is 0. The molecule has 1 N–H and O–H groups in total. The van der Waals surface area contributed by atoms with Gasteiger partial charge < -0.3 is 18.9 Å². The number of phosphoric ester groups is 1. The van der Waals surface area contributed by atoms with E-state index in [2.05, 4.69) is 62.5 Å². The molecule has 0 fully saturated rings. The van der Waals surface area contributed by atoms with Crippen molar-refractivity contribution in [2.75, 3.05) is 54.1 Å². The van der Waals surface area contributed by atoms with E-state index < -0.39 is 13.9 Å². The Morgan fingerprint density at radius 2 is 1.04 bits per heavy atom. The molecule has 2 atom stereocenters. The lowest BCUT2D eigenvalue weighted by Gasteiger charge is -2.24. The quantitative estimate of drug-likeness (QED) is 0.0216. The van der Waals surface area contributed by atoms with Crippen molar-refractivity contribution in [3.8, 4) is 0 Å². The summed E-state index contributed by atoms with van der Waals surface area (Å²) < 4.78 is 35.0. The van der Waals surface area contributed by atoms with E-state index in [0.29, 0.717) is 24.1 Å². The van der Waals surface area contributed by atoms with Crippen LogP contribution in [-0.4, -0.2) is 75.6 Å². The summed E-state index contributed by atoms with van der Waals surface area (Å²) in [6, 6.07) is 0. The SMILES string of the molecule is CC/C=C\C/C=C\C/C=C\C/C=C\CCCCCCCCCCCCCOCC(COP(=O)(O)OCC[N+](C)(C)C)OC(=O)CCCCCCCCCCCC. The van der Waals surface area contributed by atoms with Crippen LogP contribution < -0.4 is 0 Å². The molecule has 9 heteroatoms. The first-order chi connectivity index (χ1) is 27.1. The lowest BCUT2D eigenvalue weighted by molar-refractivity contribution is -0.870. The molecule has 8 nitrogen and oxygen atoms in total. The molecule has 0 spiro atoms. The van der Waals surface area contributed by atoms with Crippen molar-refractivity contribution in [1.29, 1.82) is 0 Å². The van der Waals surface area contributed by atoms with Crippen LogP contribution in [-0.2, 0) is 27.9 Å². The third-order valence-electron chi connectivity index (χ3n) is 9.65. The number of ether oxygens (including phenoxy) is 2. The number of rotatable bonds is 42. The van der Waals surface area contributed by atoms with E-state index in [-0.39, 0.29) is 25.8 Å². The number of allylic oxidation sites excluding steroid dienone is 8. The Morgan fingerprint density at radius 3 is 1.55 bits per heavy atom. The zero-order valence-corrected chi connectivity index (χ0v) is 38.0. The van der Waals surface area contributed by atoms with Gasteiger partial charge in [0.15, 0.2) is 0 Å². The Morgan fingerprint density at radius 1 is 0.571 bits per heavy atom. The first-order valence-corrected chi connectivity index (χ1v) is 24.4. The second-order valence-corrected chi connectivity index (χ2v) is 17.9. The van der Waals surface area contributed by atoms with Crippen LogP contribution in [0.5, 0.6) is 0 Å². The van der Waals surface area contributed by atoms with E-state index in [1.807, 2.05) is 21.1 Å². The minimum Gasteiger partial charge on any atom is -0.457 e. The molecule has 0 aromatic carbocycles. The van der Waals surface area contributed by atoms with E-state index in [1.165, 1.54) is 109 Å². The maximum absolute atomic E-state index is 12.6. The molecule has 0 aliphatic heterocycles. The molecule has 0 rings (SSSR count). The summed E-state index contributed by atoms with van der Waals surface area (Å²) in [5, 5.41) is 0. The van der Waals surface area contributed by atoms with Gasteiger partial charge in [0.05, 0.1) is 34.4 Å². The lowest BCUT2D eigenvalue weighted by Crippen LogP contribution is -2.37. The third kappa shape index (κ3) is 43.6. The van der Waals surface area contributed by atoms with E-state index in [1.54, 1.807) is 0 Å². The molecule has 0 aliphatic carbocycles. The largest absolute Gasteiger partial charge is 0.472 e. The minimum atomic E-state index is -4.27. The van der Waals surface area contributed by atoms with Gasteiger partial charge in [0.1, 0.15) is 19.3 Å². The molecule has 328 valence electrons. The average molecular weight is 811 g/mol. The first kappa shape index (κ1) is 54.5. The summed E-state index contributed by atoms with van der Waals surface area (Å²) in [5.74, 6) is -0.317. The third-order valence-corrected chi connectivity index (χ3v) is 10.6. The molecule has 2 unspecified atom stereocenters. The predicted octanol–water partition coefficient (Wildman–Crippen LogP) is 13.6. The van der Waals surface area contributed by atoms with Crippen LogP contribution in [0.3, 0.4) is 0 Å². The Kier molecular flexibility index (Phi) is 39.1. The van der Waals surface area contributed by atoms with Crippen LogP contribution in [0.15, 0.2) is 48.6 Å². The number of esters is 1. The number of unbranched alkanes of at least 4 members (excludes halogenated alkanes) is 20. The molecule has 0 aromatic heterocycles. The normalized spacial score (nSPS) is 14.2. The van der Waals surface area contributed by atoms with Crippen LogP contribution in [0.2, 0.25) is 0 Å². The molecular weight excluding hydrogens is 721 g/mol. The Labute approximate surface area is 346 Å². The fourth-order valence-electron chi connectivity index (χ4n) is 6.13. The van der Waals surface area contributed by atoms with Crippen molar-refractivity contribution in [2.24, 2.45) is 0 Å². The molecule has 0 aliphatic rings. The van der Waals surface area contributed by atoms with Crippen LogP contribution >= 0.6 is 7.82 Å². The number of nitrogens with zero attached hydrogens (tertiary/aromatic N) is 1. The molecule has 0 amide bonds. The number of phosphoric acid groups is 1. The van der Waals surface area contributed by atoms with E-state index in [9.17, 15) is 14.3 Å². The molecule has 0 saturated carbocycles. The van der Waals surface area contributed by atoms with Crippen molar-refractivity contribution < 1.29 is 37.3 Å². The number of carbonyl (C=O) groups excluding carboxylic acids is 1. The Balaban J connectivity index is 4.08. The van der Waals surface area contributed by atoms with Crippen molar-refractivity contribution in [1.82, 2.24) is 0 Å². The number of hydrogen-bond donors (Lipinski definition) is 1. The highest BCUT2D eigenvalue weighted by Gasteiger charge is 2.26. The van der Waals surface area contributed by atoms with Crippen molar-refractivity contribution in [3.05, 3.63) is 48.6 Å². The maximum Gasteiger partial charge on any atom is 0.472 e. The minimum absolute atomic E-state index is 0.0880. The smallest absolute Gasteiger partial charge is 0.457 e. The molecule has 0 saturated heterocycles. The summed E-state index contributed by atoms with van der Waals surface area (Å²) in [6.07, 6.45) is 48.7. The summed E-state index contributed by atoms with van der Waals surface area (Å²) in [4.78, 5) is 22.8. The second-order valence-electron chi connectivity index (χ2n) is 16.4. The molecule has 0 heterocycles. The molecule has 0 radical (unpaired) electrons. The van der Waals surface area contributed by atoms with Gasteiger partial charge in [0.25, 0.3) is 0 Å². The van der Waals surface area contributed by atoms with E-state index in [0.717, 1.165) is 57.8 Å². The zero-order valence-electron chi connectivity index (χ0n) is 37.1. The number of hydrogen-bond acceptors (Lipinski definition) is 6. The highest BCUT2D eigenvalue weighted by molar-refractivity contribution is 7.47. The van der Waals surface area contributed by atoms with Gasteiger partial charge in [0.2, 0.25) is 0 Å². The fourth-order valence-corrected chi connectivity index (χ4v) is 6.87. The van der Waals surface area contributed by atoms with Crippen molar-refractivity contribution in [3.63, 3.8) is 0 Å². The van der Waals surface area contributed by atoms with Crippen LogP contribution in [0.1, 0.15) is 187 Å². The van der Waals surface area contributed by atoms with Crippen LogP contribution in [0.25, 0.3) is 0 Å². The highest BCUT2D eigenvalue weighted by Crippen LogP contribution is 2.43. The summed E-state index contributed by atoms with van der Waals surface area (Å²) >= 11 is 0. The van der Waals surface area contributed by atoms with Gasteiger partial charge in [-0.25, -0.2) is 4.57 Å². The number of quaternary nitrogens is 1. The Bertz CT molecular complexity index is 1040.